The molecule has 1 aliphatic heterocycles. The van der Waals surface area contributed by atoms with E-state index in [4.69, 9.17) is 11.6 Å². The molecule has 0 aliphatic carbocycles. The number of rotatable bonds is 7. The zero-order chi connectivity index (χ0) is 21.1. The second kappa shape index (κ2) is 9.67. The molecule has 4 rings (SSSR count). The SMILES string of the molecule is CC(=O)c1cn(CCCN2CCCC(Cc3ccccc3Cl)C2)c2c(Br)cccc12. The van der Waals surface area contributed by atoms with E-state index in [1.54, 1.807) is 6.92 Å². The number of aromatic nitrogens is 1. The van der Waals surface area contributed by atoms with Gasteiger partial charge < -0.3 is 9.47 Å². The molecule has 0 radical (unpaired) electrons. The van der Waals surface area contributed by atoms with E-state index in [2.05, 4.69) is 37.5 Å². The number of benzene rings is 2. The van der Waals surface area contributed by atoms with Crippen molar-refractivity contribution >= 4 is 44.2 Å². The summed E-state index contributed by atoms with van der Waals surface area (Å²) < 4.78 is 3.28. The standard InChI is InChI=1S/C25H28BrClN2O/c1-18(30)22-17-29(25-21(22)9-4-10-23(25)26)14-6-13-28-12-5-7-19(16-28)15-20-8-2-3-11-24(20)27/h2-4,8-11,17,19H,5-7,12-16H2,1H3. The van der Waals surface area contributed by atoms with Crippen LogP contribution >= 0.6 is 27.5 Å². The van der Waals surface area contributed by atoms with Crippen molar-refractivity contribution in [3.63, 3.8) is 0 Å². The van der Waals surface area contributed by atoms with Gasteiger partial charge in [0.1, 0.15) is 0 Å². The minimum absolute atomic E-state index is 0.121. The summed E-state index contributed by atoms with van der Waals surface area (Å²) >= 11 is 10.0. The summed E-state index contributed by atoms with van der Waals surface area (Å²) in [6.45, 7) is 5.96. The predicted molar refractivity (Wildman–Crippen MR) is 129 cm³/mol. The third-order valence-electron chi connectivity index (χ3n) is 6.17. The first-order valence-electron chi connectivity index (χ1n) is 10.8. The van der Waals surface area contributed by atoms with E-state index in [1.807, 2.05) is 36.5 Å². The third kappa shape index (κ3) is 4.82. The summed E-state index contributed by atoms with van der Waals surface area (Å²) in [7, 11) is 0. The first-order valence-corrected chi connectivity index (χ1v) is 11.9. The van der Waals surface area contributed by atoms with Gasteiger partial charge in [0.05, 0.1) is 5.52 Å². The first-order chi connectivity index (χ1) is 14.5. The maximum Gasteiger partial charge on any atom is 0.161 e. The first kappa shape index (κ1) is 21.6. The number of carbonyl (C=O) groups is 1. The molecule has 0 spiro atoms. The summed E-state index contributed by atoms with van der Waals surface area (Å²) in [4.78, 5) is 14.7. The van der Waals surface area contributed by atoms with Crippen LogP contribution in [0.3, 0.4) is 0 Å². The van der Waals surface area contributed by atoms with Crippen LogP contribution in [0.2, 0.25) is 5.02 Å². The topological polar surface area (TPSA) is 25.2 Å². The molecule has 2 heterocycles. The molecule has 0 N–H and O–H groups in total. The van der Waals surface area contributed by atoms with E-state index in [-0.39, 0.29) is 5.78 Å². The molecular formula is C25H28BrClN2O. The molecule has 1 aliphatic rings. The Morgan fingerprint density at radius 3 is 2.80 bits per heavy atom. The van der Waals surface area contributed by atoms with E-state index in [0.29, 0.717) is 5.92 Å². The monoisotopic (exact) mass is 486 g/mol. The lowest BCUT2D eigenvalue weighted by Crippen LogP contribution is -2.37. The average molecular weight is 488 g/mol. The van der Waals surface area contributed by atoms with Crippen LogP contribution in [-0.4, -0.2) is 34.9 Å². The molecule has 1 saturated heterocycles. The number of halogens is 2. The molecule has 0 bridgehead atoms. The Hall–Kier alpha value is -1.62. The second-order valence-electron chi connectivity index (χ2n) is 8.39. The summed E-state index contributed by atoms with van der Waals surface area (Å²) in [5.41, 5.74) is 3.20. The van der Waals surface area contributed by atoms with Crippen LogP contribution in [0.15, 0.2) is 53.1 Å². The molecule has 1 fully saturated rings. The van der Waals surface area contributed by atoms with Gasteiger partial charge in [0.2, 0.25) is 0 Å². The van der Waals surface area contributed by atoms with Gasteiger partial charge in [0.25, 0.3) is 0 Å². The molecule has 5 heteroatoms. The lowest BCUT2D eigenvalue weighted by atomic mass is 9.91. The van der Waals surface area contributed by atoms with Crippen molar-refractivity contribution in [2.45, 2.75) is 39.2 Å². The maximum absolute atomic E-state index is 12.1. The summed E-state index contributed by atoms with van der Waals surface area (Å²) in [5.74, 6) is 0.791. The number of piperidine rings is 1. The average Bonchev–Trinajstić information content (AvgIpc) is 3.10. The summed E-state index contributed by atoms with van der Waals surface area (Å²) in [5, 5.41) is 1.93. The third-order valence-corrected chi connectivity index (χ3v) is 7.18. The van der Waals surface area contributed by atoms with Crippen molar-refractivity contribution in [1.82, 2.24) is 9.47 Å². The molecule has 1 atom stereocenters. The number of carbonyl (C=O) groups excluding carboxylic acids is 1. The number of nitrogens with zero attached hydrogens (tertiary/aromatic N) is 2. The van der Waals surface area contributed by atoms with Gasteiger partial charge >= 0.3 is 0 Å². The second-order valence-corrected chi connectivity index (χ2v) is 9.65. The Morgan fingerprint density at radius 1 is 1.17 bits per heavy atom. The number of fused-ring (bicyclic) bond motifs is 1. The van der Waals surface area contributed by atoms with Crippen LogP contribution in [0, 0.1) is 5.92 Å². The fourth-order valence-corrected chi connectivity index (χ4v) is 5.54. The van der Waals surface area contributed by atoms with Crippen LogP contribution < -0.4 is 0 Å². The number of likely N-dealkylation sites (tertiary alicyclic amines) is 1. The van der Waals surface area contributed by atoms with Crippen molar-refractivity contribution in [2.75, 3.05) is 19.6 Å². The number of Topliss-reactive ketones (excluding diaryl/α,β-unsaturated/α-hetero) is 1. The molecule has 158 valence electrons. The fraction of sp³-hybridized carbons (Fsp3) is 0.400. The quantitative estimate of drug-likeness (QED) is 0.351. The van der Waals surface area contributed by atoms with Gasteiger partial charge in [-0.1, -0.05) is 41.9 Å². The van der Waals surface area contributed by atoms with Gasteiger partial charge in [-0.05, 0) is 85.2 Å². The van der Waals surface area contributed by atoms with E-state index >= 15 is 0 Å². The number of ketones is 1. The van der Waals surface area contributed by atoms with Gasteiger partial charge in [-0.15, -0.1) is 0 Å². The maximum atomic E-state index is 12.1. The lowest BCUT2D eigenvalue weighted by molar-refractivity contribution is 0.101. The van der Waals surface area contributed by atoms with Crippen LogP contribution in [-0.2, 0) is 13.0 Å². The molecule has 2 aromatic carbocycles. The molecular weight excluding hydrogens is 460 g/mol. The van der Waals surface area contributed by atoms with Gasteiger partial charge in [0, 0.05) is 39.7 Å². The van der Waals surface area contributed by atoms with Crippen molar-refractivity contribution in [1.29, 1.82) is 0 Å². The van der Waals surface area contributed by atoms with E-state index < -0.39 is 0 Å². The zero-order valence-electron chi connectivity index (χ0n) is 17.4. The van der Waals surface area contributed by atoms with Gasteiger partial charge in [-0.2, -0.15) is 0 Å². The highest BCUT2D eigenvalue weighted by atomic mass is 79.9. The van der Waals surface area contributed by atoms with Gasteiger partial charge in [-0.25, -0.2) is 0 Å². The molecule has 30 heavy (non-hydrogen) atoms. The van der Waals surface area contributed by atoms with E-state index in [1.165, 1.54) is 24.9 Å². The number of aryl methyl sites for hydroxylation is 1. The summed E-state index contributed by atoms with van der Waals surface area (Å²) in [6.07, 6.45) is 6.68. The minimum atomic E-state index is 0.121. The molecule has 0 amide bonds. The fourth-order valence-electron chi connectivity index (χ4n) is 4.73. The molecule has 3 nitrogen and oxygen atoms in total. The van der Waals surface area contributed by atoms with Crippen molar-refractivity contribution in [2.24, 2.45) is 5.92 Å². The minimum Gasteiger partial charge on any atom is -0.346 e. The number of hydrogen-bond donors (Lipinski definition) is 0. The lowest BCUT2D eigenvalue weighted by Gasteiger charge is -2.33. The largest absolute Gasteiger partial charge is 0.346 e. The van der Waals surface area contributed by atoms with Crippen LogP contribution in [0.4, 0.5) is 0 Å². The molecule has 0 saturated carbocycles. The van der Waals surface area contributed by atoms with Crippen LogP contribution in [0.1, 0.15) is 42.1 Å². The van der Waals surface area contributed by atoms with E-state index in [9.17, 15) is 4.79 Å². The van der Waals surface area contributed by atoms with Crippen molar-refractivity contribution in [3.8, 4) is 0 Å². The van der Waals surface area contributed by atoms with Crippen LogP contribution in [0.25, 0.3) is 10.9 Å². The highest BCUT2D eigenvalue weighted by Crippen LogP contribution is 2.29. The Kier molecular flexibility index (Phi) is 6.97. The smallest absolute Gasteiger partial charge is 0.161 e. The number of para-hydroxylation sites is 1. The zero-order valence-corrected chi connectivity index (χ0v) is 19.8. The Labute approximate surface area is 192 Å². The highest BCUT2D eigenvalue weighted by molar-refractivity contribution is 9.10. The Balaban J connectivity index is 1.37. The normalized spacial score (nSPS) is 17.5. The Bertz CT molecular complexity index is 1040. The summed E-state index contributed by atoms with van der Waals surface area (Å²) in [6, 6.07) is 14.3. The van der Waals surface area contributed by atoms with E-state index in [0.717, 1.165) is 58.4 Å². The molecule has 1 unspecified atom stereocenters. The van der Waals surface area contributed by atoms with Crippen molar-refractivity contribution < 1.29 is 4.79 Å². The molecule has 1 aromatic heterocycles. The molecule has 3 aromatic rings. The van der Waals surface area contributed by atoms with Gasteiger partial charge in [-0.3, -0.25) is 4.79 Å². The number of hydrogen-bond acceptors (Lipinski definition) is 2. The highest BCUT2D eigenvalue weighted by Gasteiger charge is 2.21. The van der Waals surface area contributed by atoms with Gasteiger partial charge in [0.15, 0.2) is 5.78 Å². The van der Waals surface area contributed by atoms with Crippen LogP contribution in [0.5, 0.6) is 0 Å². The Morgan fingerprint density at radius 2 is 2.00 bits per heavy atom. The van der Waals surface area contributed by atoms with Crippen molar-refractivity contribution in [3.05, 3.63) is 69.3 Å². The predicted octanol–water partition coefficient (Wildman–Crippen LogP) is 6.60.